The maximum absolute atomic E-state index is 6.23. The van der Waals surface area contributed by atoms with Gasteiger partial charge in [-0.25, -0.2) is 0 Å². The number of aryl methyl sites for hydroxylation is 1. The van der Waals surface area contributed by atoms with Crippen LogP contribution in [-0.2, 0) is 11.3 Å². The van der Waals surface area contributed by atoms with Crippen molar-refractivity contribution in [3.05, 3.63) is 34.3 Å². The van der Waals surface area contributed by atoms with Crippen molar-refractivity contribution >= 4 is 11.6 Å². The van der Waals surface area contributed by atoms with Crippen LogP contribution in [0, 0.1) is 6.92 Å². The van der Waals surface area contributed by atoms with Gasteiger partial charge < -0.3 is 10.1 Å². The third-order valence-electron chi connectivity index (χ3n) is 3.78. The van der Waals surface area contributed by atoms with Crippen LogP contribution in [0.3, 0.4) is 0 Å². The van der Waals surface area contributed by atoms with Gasteiger partial charge in [-0.1, -0.05) is 23.7 Å². The van der Waals surface area contributed by atoms with Gasteiger partial charge in [0.1, 0.15) is 0 Å². The predicted octanol–water partition coefficient (Wildman–Crippen LogP) is 3.31. The van der Waals surface area contributed by atoms with E-state index < -0.39 is 0 Å². The van der Waals surface area contributed by atoms with Crippen LogP contribution in [0.1, 0.15) is 31.4 Å². The Morgan fingerprint density at radius 1 is 1.53 bits per heavy atom. The quantitative estimate of drug-likeness (QED) is 0.893. The Labute approximate surface area is 108 Å². The maximum atomic E-state index is 6.23. The number of hydrogen-bond donors (Lipinski definition) is 1. The fourth-order valence-corrected chi connectivity index (χ4v) is 2.46. The van der Waals surface area contributed by atoms with E-state index in [1.54, 1.807) is 0 Å². The molecule has 1 aromatic rings. The van der Waals surface area contributed by atoms with E-state index in [4.69, 9.17) is 16.3 Å². The summed E-state index contributed by atoms with van der Waals surface area (Å²) in [4.78, 5) is 0. The Hall–Kier alpha value is -0.570. The van der Waals surface area contributed by atoms with Crippen molar-refractivity contribution in [3.63, 3.8) is 0 Å². The first-order chi connectivity index (χ1) is 8.01. The van der Waals surface area contributed by atoms with Crippen molar-refractivity contribution in [2.45, 2.75) is 45.4 Å². The second kappa shape index (κ2) is 4.97. The van der Waals surface area contributed by atoms with Gasteiger partial charge in [-0.05, 0) is 44.4 Å². The van der Waals surface area contributed by atoms with E-state index in [1.807, 2.05) is 6.07 Å². The summed E-state index contributed by atoms with van der Waals surface area (Å²) in [6.07, 6.45) is 1.31. The van der Waals surface area contributed by atoms with Crippen LogP contribution in [-0.4, -0.2) is 18.2 Å². The summed E-state index contributed by atoms with van der Waals surface area (Å²) < 4.78 is 5.61. The summed E-state index contributed by atoms with van der Waals surface area (Å²) >= 11 is 6.23. The van der Waals surface area contributed by atoms with Crippen LogP contribution in [0.4, 0.5) is 0 Å². The van der Waals surface area contributed by atoms with Gasteiger partial charge in [0, 0.05) is 23.7 Å². The summed E-state index contributed by atoms with van der Waals surface area (Å²) in [5.41, 5.74) is 2.41. The number of rotatable bonds is 3. The number of benzene rings is 1. The zero-order chi connectivity index (χ0) is 12.5. The fraction of sp³-hybridized carbons (Fsp3) is 0.571. The van der Waals surface area contributed by atoms with E-state index in [0.29, 0.717) is 0 Å². The van der Waals surface area contributed by atoms with E-state index in [0.717, 1.165) is 30.2 Å². The summed E-state index contributed by atoms with van der Waals surface area (Å²) in [6, 6.07) is 6.20. The molecule has 0 radical (unpaired) electrons. The minimum Gasteiger partial charge on any atom is -0.377 e. The summed E-state index contributed by atoms with van der Waals surface area (Å²) in [5.74, 6) is 0. The second-order valence-electron chi connectivity index (χ2n) is 5.13. The van der Waals surface area contributed by atoms with Crippen LogP contribution in [0.15, 0.2) is 18.2 Å². The lowest BCUT2D eigenvalue weighted by Crippen LogP contribution is -2.47. The molecule has 1 fully saturated rings. The number of ether oxygens (including phenoxy) is 1. The van der Waals surface area contributed by atoms with Gasteiger partial charge in [-0.2, -0.15) is 0 Å². The molecule has 0 saturated carbocycles. The summed E-state index contributed by atoms with van der Waals surface area (Å²) in [7, 11) is 0. The molecular formula is C14H20ClNO. The van der Waals surface area contributed by atoms with Crippen molar-refractivity contribution in [1.82, 2.24) is 5.32 Å². The van der Waals surface area contributed by atoms with Gasteiger partial charge in [-0.15, -0.1) is 0 Å². The number of hydrogen-bond acceptors (Lipinski definition) is 2. The smallest absolute Gasteiger partial charge is 0.0726 e. The van der Waals surface area contributed by atoms with E-state index in [-0.39, 0.29) is 11.6 Å². The summed E-state index contributed by atoms with van der Waals surface area (Å²) in [5, 5.41) is 4.42. The second-order valence-corrected chi connectivity index (χ2v) is 5.54. The molecule has 1 heterocycles. The normalized spacial score (nSPS) is 28.6. The van der Waals surface area contributed by atoms with Crippen LogP contribution in [0.5, 0.6) is 0 Å². The van der Waals surface area contributed by atoms with E-state index in [9.17, 15) is 0 Å². The Bertz CT molecular complexity index is 407. The Balaban J connectivity index is 2.02. The van der Waals surface area contributed by atoms with E-state index in [2.05, 4.69) is 38.2 Å². The molecule has 2 atom stereocenters. The zero-order valence-electron chi connectivity index (χ0n) is 10.7. The molecule has 17 heavy (non-hydrogen) atoms. The van der Waals surface area contributed by atoms with Crippen molar-refractivity contribution in [2.75, 3.05) is 6.61 Å². The Morgan fingerprint density at radius 3 is 2.88 bits per heavy atom. The average Bonchev–Trinajstić information content (AvgIpc) is 2.59. The SMILES string of the molecule is Cc1ccc(CNC2(C)CCOC2C)c(Cl)c1. The minimum absolute atomic E-state index is 0.0637. The van der Waals surface area contributed by atoms with Gasteiger partial charge in [0.05, 0.1) is 6.10 Å². The molecule has 94 valence electrons. The van der Waals surface area contributed by atoms with Crippen LogP contribution < -0.4 is 5.32 Å². The largest absolute Gasteiger partial charge is 0.377 e. The first-order valence-electron chi connectivity index (χ1n) is 6.13. The molecule has 1 aromatic carbocycles. The molecule has 0 aliphatic carbocycles. The topological polar surface area (TPSA) is 21.3 Å². The van der Waals surface area contributed by atoms with Crippen LogP contribution in [0.25, 0.3) is 0 Å². The van der Waals surface area contributed by atoms with Crippen molar-refractivity contribution < 1.29 is 4.74 Å². The molecule has 2 rings (SSSR count). The van der Waals surface area contributed by atoms with Crippen LogP contribution in [0.2, 0.25) is 5.02 Å². The highest BCUT2D eigenvalue weighted by Gasteiger charge is 2.36. The lowest BCUT2D eigenvalue weighted by Gasteiger charge is -2.29. The summed E-state index contributed by atoms with van der Waals surface area (Å²) in [6.45, 7) is 8.02. The lowest BCUT2D eigenvalue weighted by atomic mass is 9.94. The number of nitrogens with one attached hydrogen (secondary N) is 1. The molecule has 0 spiro atoms. The van der Waals surface area contributed by atoms with Crippen molar-refractivity contribution in [3.8, 4) is 0 Å². The van der Waals surface area contributed by atoms with E-state index >= 15 is 0 Å². The van der Waals surface area contributed by atoms with Gasteiger partial charge in [0.25, 0.3) is 0 Å². The Morgan fingerprint density at radius 2 is 2.29 bits per heavy atom. The number of halogens is 1. The highest BCUT2D eigenvalue weighted by Crippen LogP contribution is 2.26. The molecular weight excluding hydrogens is 234 g/mol. The van der Waals surface area contributed by atoms with Gasteiger partial charge in [-0.3, -0.25) is 0 Å². The minimum atomic E-state index is 0.0637. The first-order valence-corrected chi connectivity index (χ1v) is 6.51. The molecule has 1 N–H and O–H groups in total. The standard InChI is InChI=1S/C14H20ClNO/c1-10-4-5-12(13(15)8-10)9-16-14(3)6-7-17-11(14)2/h4-5,8,11,16H,6-7,9H2,1-3H3. The van der Waals surface area contributed by atoms with Crippen LogP contribution >= 0.6 is 11.6 Å². The molecule has 1 saturated heterocycles. The molecule has 0 amide bonds. The Kier molecular flexibility index (Phi) is 3.76. The third kappa shape index (κ3) is 2.82. The van der Waals surface area contributed by atoms with E-state index in [1.165, 1.54) is 5.56 Å². The van der Waals surface area contributed by atoms with Gasteiger partial charge in [0.2, 0.25) is 0 Å². The van der Waals surface area contributed by atoms with Gasteiger partial charge in [0.15, 0.2) is 0 Å². The lowest BCUT2D eigenvalue weighted by molar-refractivity contribution is 0.0881. The predicted molar refractivity (Wildman–Crippen MR) is 71.5 cm³/mol. The molecule has 1 aliphatic heterocycles. The highest BCUT2D eigenvalue weighted by atomic mass is 35.5. The molecule has 0 aromatic heterocycles. The van der Waals surface area contributed by atoms with Crippen molar-refractivity contribution in [1.29, 1.82) is 0 Å². The molecule has 0 bridgehead atoms. The average molecular weight is 254 g/mol. The molecule has 1 aliphatic rings. The van der Waals surface area contributed by atoms with Crippen molar-refractivity contribution in [2.24, 2.45) is 0 Å². The molecule has 3 heteroatoms. The molecule has 2 unspecified atom stereocenters. The maximum Gasteiger partial charge on any atom is 0.0726 e. The fourth-order valence-electron chi connectivity index (χ4n) is 2.16. The monoisotopic (exact) mass is 253 g/mol. The molecule has 2 nitrogen and oxygen atoms in total. The third-order valence-corrected chi connectivity index (χ3v) is 4.13. The highest BCUT2D eigenvalue weighted by molar-refractivity contribution is 6.31. The first kappa shape index (κ1) is 12.9. The van der Waals surface area contributed by atoms with Gasteiger partial charge >= 0.3 is 0 Å². The zero-order valence-corrected chi connectivity index (χ0v) is 11.5.